The molecule has 6 nitrogen and oxygen atoms in total. The smallest absolute Gasteiger partial charge is 0.267 e. The van der Waals surface area contributed by atoms with Gasteiger partial charge < -0.3 is 5.32 Å². The van der Waals surface area contributed by atoms with Gasteiger partial charge in [0.05, 0.1) is 11.4 Å². The number of carbonyl (C=O) groups excluding carboxylic acids is 1. The minimum absolute atomic E-state index is 0.160. The van der Waals surface area contributed by atoms with E-state index in [0.29, 0.717) is 22.0 Å². The number of hydrogen-bond acceptors (Lipinski definition) is 5. The van der Waals surface area contributed by atoms with E-state index in [-0.39, 0.29) is 11.5 Å². The molecule has 0 spiro atoms. The van der Waals surface area contributed by atoms with E-state index in [1.165, 1.54) is 22.1 Å². The van der Waals surface area contributed by atoms with Crippen molar-refractivity contribution in [3.8, 4) is 21.8 Å². The van der Waals surface area contributed by atoms with Crippen LogP contribution in [0.2, 0.25) is 0 Å². The Morgan fingerprint density at radius 2 is 1.69 bits per heavy atom. The van der Waals surface area contributed by atoms with Gasteiger partial charge in [0.2, 0.25) is 0 Å². The Morgan fingerprint density at radius 3 is 2.38 bits per heavy atom. The molecule has 7 heteroatoms. The van der Waals surface area contributed by atoms with Gasteiger partial charge in [0.1, 0.15) is 9.88 Å². The van der Waals surface area contributed by atoms with Crippen molar-refractivity contribution < 1.29 is 4.79 Å². The third kappa shape index (κ3) is 4.00. The zero-order chi connectivity index (χ0) is 20.4. The van der Waals surface area contributed by atoms with Gasteiger partial charge in [0, 0.05) is 29.9 Å². The fraction of sp³-hybridized carbons (Fsp3) is 0.0909. The summed E-state index contributed by atoms with van der Waals surface area (Å²) in [5.74, 6) is -0.185. The maximum Gasteiger partial charge on any atom is 0.267 e. The fourth-order valence-electron chi connectivity index (χ4n) is 2.88. The molecule has 1 N–H and O–H groups in total. The van der Waals surface area contributed by atoms with Crippen molar-refractivity contribution in [2.75, 3.05) is 5.32 Å². The molecule has 4 aromatic rings. The Labute approximate surface area is 171 Å². The predicted octanol–water partition coefficient (Wildman–Crippen LogP) is 4.13. The summed E-state index contributed by atoms with van der Waals surface area (Å²) in [5.41, 5.74) is 3.77. The van der Waals surface area contributed by atoms with Crippen molar-refractivity contribution in [2.24, 2.45) is 7.05 Å². The van der Waals surface area contributed by atoms with Gasteiger partial charge in [-0.3, -0.25) is 9.59 Å². The third-order valence-corrected chi connectivity index (χ3v) is 5.63. The zero-order valence-electron chi connectivity index (χ0n) is 15.9. The Hall–Kier alpha value is -3.58. The van der Waals surface area contributed by atoms with Crippen LogP contribution in [-0.4, -0.2) is 20.7 Å². The van der Waals surface area contributed by atoms with Crippen LogP contribution in [0.5, 0.6) is 0 Å². The van der Waals surface area contributed by atoms with Crippen LogP contribution in [-0.2, 0) is 7.05 Å². The minimum Gasteiger partial charge on any atom is -0.321 e. The molecule has 0 atom stereocenters. The second-order valence-corrected chi connectivity index (χ2v) is 7.51. The van der Waals surface area contributed by atoms with Crippen LogP contribution < -0.4 is 10.9 Å². The van der Waals surface area contributed by atoms with Gasteiger partial charge in [-0.1, -0.05) is 42.5 Å². The lowest BCUT2D eigenvalue weighted by Crippen LogP contribution is -2.18. The lowest BCUT2D eigenvalue weighted by atomic mass is 10.1. The van der Waals surface area contributed by atoms with Crippen LogP contribution in [0.1, 0.15) is 15.4 Å². The highest BCUT2D eigenvalue weighted by Crippen LogP contribution is 2.28. The van der Waals surface area contributed by atoms with E-state index in [9.17, 15) is 9.59 Å². The highest BCUT2D eigenvalue weighted by atomic mass is 32.1. The molecule has 1 amide bonds. The summed E-state index contributed by atoms with van der Waals surface area (Å²) in [6.07, 6.45) is 0. The van der Waals surface area contributed by atoms with Gasteiger partial charge >= 0.3 is 0 Å². The first kappa shape index (κ1) is 18.8. The Kier molecular flexibility index (Phi) is 5.05. The number of thiazole rings is 1. The van der Waals surface area contributed by atoms with E-state index in [1.807, 2.05) is 61.5 Å². The standard InChI is InChI=1S/C22H18N4O2S/c1-14-20(29-22(23-14)16-6-4-3-5-7-16)21(28)24-17-10-8-15(9-11-17)18-12-13-19(27)26(2)25-18/h3-13H,1-2H3,(H,24,28). The van der Waals surface area contributed by atoms with Gasteiger partial charge in [-0.2, -0.15) is 5.10 Å². The maximum absolute atomic E-state index is 12.7. The number of rotatable bonds is 4. The van der Waals surface area contributed by atoms with Gasteiger partial charge in [0.15, 0.2) is 0 Å². The van der Waals surface area contributed by atoms with E-state index >= 15 is 0 Å². The molecule has 4 rings (SSSR count). The topological polar surface area (TPSA) is 76.9 Å². The average Bonchev–Trinajstić information content (AvgIpc) is 3.13. The second kappa shape index (κ2) is 7.81. The van der Waals surface area contributed by atoms with Gasteiger partial charge in [-0.15, -0.1) is 11.3 Å². The van der Waals surface area contributed by atoms with Gasteiger partial charge in [0.25, 0.3) is 11.5 Å². The molecule has 0 aliphatic carbocycles. The molecular weight excluding hydrogens is 384 g/mol. The zero-order valence-corrected chi connectivity index (χ0v) is 16.7. The lowest BCUT2D eigenvalue weighted by Gasteiger charge is -2.06. The molecule has 29 heavy (non-hydrogen) atoms. The molecule has 144 valence electrons. The maximum atomic E-state index is 12.7. The highest BCUT2D eigenvalue weighted by molar-refractivity contribution is 7.17. The van der Waals surface area contributed by atoms with Crippen molar-refractivity contribution in [1.82, 2.24) is 14.8 Å². The number of nitrogens with one attached hydrogen (secondary N) is 1. The summed E-state index contributed by atoms with van der Waals surface area (Å²) < 4.78 is 1.29. The lowest BCUT2D eigenvalue weighted by molar-refractivity contribution is 0.103. The van der Waals surface area contributed by atoms with E-state index in [4.69, 9.17) is 0 Å². The number of aromatic nitrogens is 3. The molecule has 2 aromatic heterocycles. The first-order chi connectivity index (χ1) is 14.0. The minimum atomic E-state index is -0.185. The summed E-state index contributed by atoms with van der Waals surface area (Å²) in [6.45, 7) is 1.84. The van der Waals surface area contributed by atoms with Crippen molar-refractivity contribution in [3.63, 3.8) is 0 Å². The normalized spacial score (nSPS) is 10.7. The number of nitrogens with zero attached hydrogens (tertiary/aromatic N) is 3. The third-order valence-electron chi connectivity index (χ3n) is 4.42. The van der Waals surface area contributed by atoms with Crippen LogP contribution in [0.4, 0.5) is 5.69 Å². The van der Waals surface area contributed by atoms with Crippen molar-refractivity contribution in [3.05, 3.63) is 87.7 Å². The molecule has 0 fully saturated rings. The van der Waals surface area contributed by atoms with Crippen LogP contribution >= 0.6 is 11.3 Å². The Morgan fingerprint density at radius 1 is 0.966 bits per heavy atom. The quantitative estimate of drug-likeness (QED) is 0.557. The van der Waals surface area contributed by atoms with E-state index in [0.717, 1.165) is 16.1 Å². The summed E-state index contributed by atoms with van der Waals surface area (Å²) in [4.78, 5) is 29.3. The summed E-state index contributed by atoms with van der Waals surface area (Å²) in [5, 5.41) is 7.98. The van der Waals surface area contributed by atoms with E-state index < -0.39 is 0 Å². The average molecular weight is 402 g/mol. The van der Waals surface area contributed by atoms with Gasteiger partial charge in [-0.25, -0.2) is 9.67 Å². The number of carbonyl (C=O) groups is 1. The molecular formula is C22H18N4O2S. The molecule has 0 bridgehead atoms. The van der Waals surface area contributed by atoms with Crippen LogP contribution in [0.25, 0.3) is 21.8 Å². The van der Waals surface area contributed by atoms with Crippen LogP contribution in [0.15, 0.2) is 71.5 Å². The van der Waals surface area contributed by atoms with E-state index in [2.05, 4.69) is 15.4 Å². The first-order valence-electron chi connectivity index (χ1n) is 9.00. The molecule has 2 aromatic carbocycles. The number of amides is 1. The first-order valence-corrected chi connectivity index (χ1v) is 9.82. The Balaban J connectivity index is 1.52. The fourth-order valence-corrected chi connectivity index (χ4v) is 3.85. The molecule has 2 heterocycles. The molecule has 0 radical (unpaired) electrons. The Bertz CT molecular complexity index is 1230. The number of anilines is 1. The largest absolute Gasteiger partial charge is 0.321 e. The van der Waals surface area contributed by atoms with Gasteiger partial charge in [-0.05, 0) is 25.1 Å². The molecule has 0 unspecified atom stereocenters. The van der Waals surface area contributed by atoms with Crippen molar-refractivity contribution >= 4 is 22.9 Å². The molecule has 0 saturated heterocycles. The van der Waals surface area contributed by atoms with E-state index in [1.54, 1.807) is 13.1 Å². The van der Waals surface area contributed by atoms with Crippen molar-refractivity contribution in [1.29, 1.82) is 0 Å². The summed E-state index contributed by atoms with van der Waals surface area (Å²) in [6, 6.07) is 20.3. The number of aryl methyl sites for hydroxylation is 2. The summed E-state index contributed by atoms with van der Waals surface area (Å²) >= 11 is 1.38. The number of benzene rings is 2. The van der Waals surface area contributed by atoms with Crippen molar-refractivity contribution in [2.45, 2.75) is 6.92 Å². The molecule has 0 saturated carbocycles. The predicted molar refractivity (Wildman–Crippen MR) is 115 cm³/mol. The molecule has 0 aliphatic heterocycles. The van der Waals surface area contributed by atoms with Crippen LogP contribution in [0.3, 0.4) is 0 Å². The highest BCUT2D eigenvalue weighted by Gasteiger charge is 2.16. The number of hydrogen-bond donors (Lipinski definition) is 1. The monoisotopic (exact) mass is 402 g/mol. The SMILES string of the molecule is Cc1nc(-c2ccccc2)sc1C(=O)Nc1ccc(-c2ccc(=O)n(C)n2)cc1. The molecule has 0 aliphatic rings. The summed E-state index contributed by atoms with van der Waals surface area (Å²) in [7, 11) is 1.61. The second-order valence-electron chi connectivity index (χ2n) is 6.51. The van der Waals surface area contributed by atoms with Crippen LogP contribution in [0, 0.1) is 6.92 Å².